The van der Waals surface area contributed by atoms with Gasteiger partial charge in [0.05, 0.1) is 21.8 Å². The predicted molar refractivity (Wildman–Crippen MR) is 147 cm³/mol. The second-order valence-corrected chi connectivity index (χ2v) is 11.1. The van der Waals surface area contributed by atoms with Gasteiger partial charge in [-0.3, -0.25) is 9.98 Å². The first-order chi connectivity index (χ1) is 18.6. The molecule has 5 rings (SSSR count). The number of hydrogen-bond donors (Lipinski definition) is 3. The van der Waals surface area contributed by atoms with Crippen molar-refractivity contribution in [1.82, 2.24) is 10.4 Å². The minimum Gasteiger partial charge on any atom is -0.481 e. The molecule has 0 bridgehead atoms. The number of hydrazone groups is 1. The quantitative estimate of drug-likeness (QED) is 0.265. The number of carbonyl (C=O) groups is 1. The number of nitrogens with one attached hydrogen (secondary N) is 1. The first kappa shape index (κ1) is 26.2. The van der Waals surface area contributed by atoms with Crippen molar-refractivity contribution in [2.45, 2.75) is 18.7 Å². The van der Waals surface area contributed by atoms with E-state index in [0.29, 0.717) is 28.0 Å². The van der Waals surface area contributed by atoms with Crippen LogP contribution in [0.4, 0.5) is 10.8 Å². The largest absolute Gasteiger partial charge is 0.481 e. The molecular weight excluding hydrogens is 542 g/mol. The molecule has 11 nitrogen and oxygen atoms in total. The summed E-state index contributed by atoms with van der Waals surface area (Å²) in [6, 6.07) is 20.6. The molecule has 13 heteroatoms. The highest BCUT2D eigenvalue weighted by molar-refractivity contribution is 7.85. The highest BCUT2D eigenvalue weighted by atomic mass is 32.2. The maximum atomic E-state index is 11.5. The molecule has 1 aliphatic heterocycles. The van der Waals surface area contributed by atoms with Crippen LogP contribution in [0.5, 0.6) is 5.75 Å². The van der Waals surface area contributed by atoms with Crippen molar-refractivity contribution in [3.63, 3.8) is 0 Å². The Kier molecular flexibility index (Phi) is 6.95. The number of amidine groups is 1. The lowest BCUT2D eigenvalue weighted by molar-refractivity contribution is -0.139. The molecule has 4 aromatic rings. The van der Waals surface area contributed by atoms with Crippen LogP contribution in [0.3, 0.4) is 0 Å². The molecule has 0 saturated heterocycles. The third kappa shape index (κ3) is 5.55. The van der Waals surface area contributed by atoms with E-state index in [1.165, 1.54) is 40.7 Å². The van der Waals surface area contributed by atoms with Gasteiger partial charge < -0.3 is 9.84 Å². The van der Waals surface area contributed by atoms with Gasteiger partial charge in [-0.2, -0.15) is 8.42 Å². The Morgan fingerprint density at radius 3 is 2.36 bits per heavy atom. The number of ether oxygens (including phenoxy) is 1. The lowest BCUT2D eigenvalue weighted by Gasteiger charge is -2.25. The summed E-state index contributed by atoms with van der Waals surface area (Å²) >= 11 is 1.43. The highest BCUT2D eigenvalue weighted by Gasteiger charge is 2.31. The van der Waals surface area contributed by atoms with Crippen molar-refractivity contribution in [3.8, 4) is 16.9 Å². The molecule has 2 heterocycles. The SMILES string of the molecule is Cc1nc(N2NC(c3ccc(-c4ccccc4)cc3OCC(=O)O)=NN2c2ccc(S(=O)(=O)O)cc2)sc1C. The van der Waals surface area contributed by atoms with Gasteiger partial charge in [0, 0.05) is 4.88 Å². The number of hydrazine groups is 2. The van der Waals surface area contributed by atoms with Crippen LogP contribution in [0.2, 0.25) is 0 Å². The molecule has 0 aliphatic carbocycles. The van der Waals surface area contributed by atoms with Gasteiger partial charge in [0.1, 0.15) is 5.75 Å². The molecule has 200 valence electrons. The molecule has 0 unspecified atom stereocenters. The number of aromatic nitrogens is 1. The lowest BCUT2D eigenvalue weighted by atomic mass is 10.0. The van der Waals surface area contributed by atoms with Crippen molar-refractivity contribution in [2.24, 2.45) is 5.10 Å². The summed E-state index contributed by atoms with van der Waals surface area (Å²) in [5, 5.41) is 17.6. The van der Waals surface area contributed by atoms with E-state index in [2.05, 4.69) is 10.4 Å². The second-order valence-electron chi connectivity index (χ2n) is 8.53. The number of rotatable bonds is 8. The Hall–Kier alpha value is -4.46. The van der Waals surface area contributed by atoms with E-state index in [0.717, 1.165) is 21.7 Å². The van der Waals surface area contributed by atoms with Crippen LogP contribution in [0.25, 0.3) is 11.1 Å². The van der Waals surface area contributed by atoms with Gasteiger partial charge in [-0.15, -0.1) is 15.3 Å². The van der Waals surface area contributed by atoms with Crippen LogP contribution >= 0.6 is 11.3 Å². The van der Waals surface area contributed by atoms with Gasteiger partial charge in [-0.1, -0.05) is 47.7 Å². The minimum atomic E-state index is -4.37. The van der Waals surface area contributed by atoms with E-state index in [1.54, 1.807) is 17.3 Å². The number of anilines is 2. The standard InChI is InChI=1S/C26H23N5O6S2/c1-16-17(2)38-26(27-16)31-29-25(28-30(31)20-9-11-21(12-10-20)39(34,35)36)22-13-8-19(18-6-4-3-5-7-18)14-23(22)37-15-24(32)33/h3-14H,15H2,1-2H3,(H,28,29)(H,32,33)(H,34,35,36). The smallest absolute Gasteiger partial charge is 0.341 e. The molecule has 0 fully saturated rings. The van der Waals surface area contributed by atoms with Crippen LogP contribution in [0.1, 0.15) is 16.1 Å². The van der Waals surface area contributed by atoms with Crippen LogP contribution < -0.4 is 20.4 Å². The summed E-state index contributed by atoms with van der Waals surface area (Å²) in [6.07, 6.45) is 0. The van der Waals surface area contributed by atoms with Gasteiger partial charge >= 0.3 is 5.97 Å². The number of carboxylic acid groups (broad SMARTS) is 1. The summed E-state index contributed by atoms with van der Waals surface area (Å²) in [6.45, 7) is 3.28. The molecule has 0 atom stereocenters. The maximum absolute atomic E-state index is 11.5. The van der Waals surface area contributed by atoms with E-state index in [-0.39, 0.29) is 4.90 Å². The average Bonchev–Trinajstić information content (AvgIpc) is 3.50. The molecule has 1 aliphatic rings. The van der Waals surface area contributed by atoms with Gasteiger partial charge in [-0.25, -0.2) is 9.78 Å². The molecule has 0 spiro atoms. The molecule has 39 heavy (non-hydrogen) atoms. The first-order valence-electron chi connectivity index (χ1n) is 11.6. The lowest BCUT2D eigenvalue weighted by Crippen LogP contribution is -2.44. The Morgan fingerprint density at radius 2 is 1.74 bits per heavy atom. The summed E-state index contributed by atoms with van der Waals surface area (Å²) in [7, 11) is -4.37. The van der Waals surface area contributed by atoms with Crippen molar-refractivity contribution < 1.29 is 27.6 Å². The second kappa shape index (κ2) is 10.4. The van der Waals surface area contributed by atoms with Gasteiger partial charge in [0.2, 0.25) is 5.13 Å². The van der Waals surface area contributed by atoms with E-state index < -0.39 is 22.7 Å². The van der Waals surface area contributed by atoms with Gasteiger partial charge in [0.15, 0.2) is 12.4 Å². The number of thiazole rings is 1. The number of aliphatic carboxylic acids is 1. The fourth-order valence-electron chi connectivity index (χ4n) is 3.81. The monoisotopic (exact) mass is 565 g/mol. The zero-order valence-electron chi connectivity index (χ0n) is 20.8. The van der Waals surface area contributed by atoms with Crippen molar-refractivity contribution >= 4 is 44.1 Å². The molecule has 0 amide bonds. The molecule has 3 N–H and O–H groups in total. The molecule has 3 aromatic carbocycles. The minimum absolute atomic E-state index is 0.254. The van der Waals surface area contributed by atoms with E-state index in [4.69, 9.17) is 9.84 Å². The van der Waals surface area contributed by atoms with Crippen LogP contribution in [0, 0.1) is 13.8 Å². The third-order valence-corrected chi connectivity index (χ3v) is 7.77. The van der Waals surface area contributed by atoms with Gasteiger partial charge in [-0.05, 0) is 61.4 Å². The normalized spacial score (nSPS) is 13.3. The zero-order valence-corrected chi connectivity index (χ0v) is 22.4. The van der Waals surface area contributed by atoms with E-state index in [9.17, 15) is 22.9 Å². The number of benzene rings is 3. The average molecular weight is 566 g/mol. The number of hydrogen-bond acceptors (Lipinski definition) is 10. The van der Waals surface area contributed by atoms with Gasteiger partial charge in [0.25, 0.3) is 10.1 Å². The van der Waals surface area contributed by atoms with Crippen LogP contribution in [0.15, 0.2) is 82.8 Å². The maximum Gasteiger partial charge on any atom is 0.341 e. The molecule has 0 saturated carbocycles. The summed E-state index contributed by atoms with van der Waals surface area (Å²) in [5.41, 5.74) is 6.79. The number of aryl methyl sites for hydroxylation is 2. The molecular formula is C26H23N5O6S2. The topological polar surface area (TPSA) is 145 Å². The van der Waals surface area contributed by atoms with Crippen molar-refractivity contribution in [1.29, 1.82) is 0 Å². The Balaban J connectivity index is 1.58. The summed E-state index contributed by atoms with van der Waals surface area (Å²) in [5.74, 6) is -0.470. The highest BCUT2D eigenvalue weighted by Crippen LogP contribution is 2.33. The van der Waals surface area contributed by atoms with E-state index in [1.807, 2.05) is 50.2 Å². The molecule has 1 aromatic heterocycles. The Morgan fingerprint density at radius 1 is 1.03 bits per heavy atom. The van der Waals surface area contributed by atoms with Crippen LogP contribution in [-0.4, -0.2) is 41.5 Å². The van der Waals surface area contributed by atoms with Crippen molar-refractivity contribution in [3.05, 3.63) is 88.9 Å². The fourth-order valence-corrected chi connectivity index (χ4v) is 5.15. The van der Waals surface area contributed by atoms with E-state index >= 15 is 0 Å². The molecule has 0 radical (unpaired) electrons. The van der Waals surface area contributed by atoms with Crippen LogP contribution in [-0.2, 0) is 14.9 Å². The Bertz CT molecular complexity index is 1650. The third-order valence-electron chi connectivity index (χ3n) is 5.85. The Labute approximate surface area is 228 Å². The number of nitrogens with zero attached hydrogens (tertiary/aromatic N) is 4. The first-order valence-corrected chi connectivity index (χ1v) is 13.9. The summed E-state index contributed by atoms with van der Waals surface area (Å²) < 4.78 is 38.1. The fraction of sp³-hybridized carbons (Fsp3) is 0.115. The van der Waals surface area contributed by atoms with Crippen molar-refractivity contribution in [2.75, 3.05) is 16.8 Å². The predicted octanol–water partition coefficient (Wildman–Crippen LogP) is 4.25. The summed E-state index contributed by atoms with van der Waals surface area (Å²) in [4.78, 5) is 16.7. The number of carboxylic acids is 1. The zero-order chi connectivity index (χ0) is 27.7.